The van der Waals surface area contributed by atoms with E-state index in [-0.39, 0.29) is 17.9 Å². The summed E-state index contributed by atoms with van der Waals surface area (Å²) in [5.41, 5.74) is 2.54. The molecule has 0 aliphatic carbocycles. The average Bonchev–Trinajstić information content (AvgIpc) is 2.87. The van der Waals surface area contributed by atoms with Crippen LogP contribution in [0.3, 0.4) is 0 Å². The van der Waals surface area contributed by atoms with E-state index in [0.717, 1.165) is 37.1 Å². The summed E-state index contributed by atoms with van der Waals surface area (Å²) in [6.45, 7) is 6.57. The highest BCUT2D eigenvalue weighted by molar-refractivity contribution is 5.94. The van der Waals surface area contributed by atoms with E-state index in [9.17, 15) is 4.79 Å². The van der Waals surface area contributed by atoms with Gasteiger partial charge in [-0.05, 0) is 18.3 Å². The number of H-pyrrole nitrogens is 1. The SMILES string of the molecule is CC(C)(CCCO)CNC(=O)c1n[nH]c2c1CNCC2. The molecule has 0 atom stereocenters. The second-order valence-electron chi connectivity index (χ2n) is 6.13. The number of hydrogen-bond acceptors (Lipinski definition) is 4. The highest BCUT2D eigenvalue weighted by Gasteiger charge is 2.23. The molecule has 0 saturated carbocycles. The van der Waals surface area contributed by atoms with Gasteiger partial charge in [-0.1, -0.05) is 13.8 Å². The lowest BCUT2D eigenvalue weighted by Crippen LogP contribution is -2.35. The molecule has 0 radical (unpaired) electrons. The number of aliphatic hydroxyl groups is 1. The summed E-state index contributed by atoms with van der Waals surface area (Å²) >= 11 is 0. The predicted octanol–water partition coefficient (Wildman–Crippen LogP) is 0.584. The lowest BCUT2D eigenvalue weighted by Gasteiger charge is -2.24. The van der Waals surface area contributed by atoms with Gasteiger partial charge in [-0.3, -0.25) is 9.89 Å². The summed E-state index contributed by atoms with van der Waals surface area (Å²) in [6, 6.07) is 0. The molecule has 0 aromatic carbocycles. The van der Waals surface area contributed by atoms with Crippen LogP contribution < -0.4 is 10.6 Å². The quantitative estimate of drug-likeness (QED) is 0.614. The van der Waals surface area contributed by atoms with E-state index in [1.54, 1.807) is 0 Å². The summed E-state index contributed by atoms with van der Waals surface area (Å²) in [5, 5.41) is 22.2. The number of aliphatic hydroxyl groups excluding tert-OH is 1. The number of amides is 1. The van der Waals surface area contributed by atoms with Gasteiger partial charge in [0.05, 0.1) is 0 Å². The Hall–Kier alpha value is -1.40. The third-order valence-electron chi connectivity index (χ3n) is 3.76. The third-order valence-corrected chi connectivity index (χ3v) is 3.76. The summed E-state index contributed by atoms with van der Waals surface area (Å²) in [5.74, 6) is -0.122. The molecule has 4 N–H and O–H groups in total. The Morgan fingerprint density at radius 3 is 3.05 bits per heavy atom. The molecule has 20 heavy (non-hydrogen) atoms. The molecule has 1 aromatic heterocycles. The fourth-order valence-electron chi connectivity index (χ4n) is 2.46. The van der Waals surface area contributed by atoms with Gasteiger partial charge in [0, 0.05) is 43.9 Å². The van der Waals surface area contributed by atoms with Crippen molar-refractivity contribution in [3.8, 4) is 0 Å². The minimum absolute atomic E-state index is 0.0208. The van der Waals surface area contributed by atoms with Crippen LogP contribution in [0, 0.1) is 5.41 Å². The number of carbonyl (C=O) groups excluding carboxylic acids is 1. The van der Waals surface area contributed by atoms with Gasteiger partial charge in [-0.2, -0.15) is 5.10 Å². The first-order chi connectivity index (χ1) is 9.53. The maximum Gasteiger partial charge on any atom is 0.272 e. The zero-order valence-corrected chi connectivity index (χ0v) is 12.3. The third kappa shape index (κ3) is 3.58. The van der Waals surface area contributed by atoms with E-state index in [1.165, 1.54) is 0 Å². The molecular weight excluding hydrogens is 256 g/mol. The van der Waals surface area contributed by atoms with E-state index in [4.69, 9.17) is 5.11 Å². The van der Waals surface area contributed by atoms with Crippen LogP contribution in [0.4, 0.5) is 0 Å². The monoisotopic (exact) mass is 280 g/mol. The van der Waals surface area contributed by atoms with Crippen LogP contribution in [0.5, 0.6) is 0 Å². The first kappa shape index (κ1) is 15.0. The van der Waals surface area contributed by atoms with E-state index in [1.807, 2.05) is 0 Å². The number of aromatic nitrogens is 2. The summed E-state index contributed by atoms with van der Waals surface area (Å²) in [4.78, 5) is 12.2. The van der Waals surface area contributed by atoms with Gasteiger partial charge in [0.25, 0.3) is 5.91 Å². The predicted molar refractivity (Wildman–Crippen MR) is 76.4 cm³/mol. The van der Waals surface area contributed by atoms with Crippen LogP contribution in [-0.2, 0) is 13.0 Å². The van der Waals surface area contributed by atoms with Crippen molar-refractivity contribution in [1.82, 2.24) is 20.8 Å². The fourth-order valence-corrected chi connectivity index (χ4v) is 2.46. The Bertz CT molecular complexity index is 468. The molecule has 0 spiro atoms. The second-order valence-corrected chi connectivity index (χ2v) is 6.13. The molecule has 112 valence electrons. The zero-order chi connectivity index (χ0) is 14.6. The Kier molecular flexibility index (Phi) is 4.77. The molecule has 0 bridgehead atoms. The van der Waals surface area contributed by atoms with Crippen molar-refractivity contribution in [2.45, 2.75) is 39.7 Å². The highest BCUT2D eigenvalue weighted by atomic mass is 16.2. The first-order valence-electron chi connectivity index (χ1n) is 7.19. The minimum Gasteiger partial charge on any atom is -0.396 e. The molecule has 2 rings (SSSR count). The smallest absolute Gasteiger partial charge is 0.272 e. The Morgan fingerprint density at radius 1 is 1.50 bits per heavy atom. The van der Waals surface area contributed by atoms with Crippen LogP contribution in [0.1, 0.15) is 48.4 Å². The Balaban J connectivity index is 1.93. The van der Waals surface area contributed by atoms with Gasteiger partial charge in [-0.15, -0.1) is 0 Å². The Morgan fingerprint density at radius 2 is 2.30 bits per heavy atom. The van der Waals surface area contributed by atoms with E-state index < -0.39 is 0 Å². The number of aromatic amines is 1. The number of nitrogens with one attached hydrogen (secondary N) is 3. The number of rotatable bonds is 6. The van der Waals surface area contributed by atoms with Crippen molar-refractivity contribution in [1.29, 1.82) is 0 Å². The van der Waals surface area contributed by atoms with Gasteiger partial charge in [0.2, 0.25) is 0 Å². The second kappa shape index (κ2) is 6.37. The van der Waals surface area contributed by atoms with Crippen molar-refractivity contribution in [3.63, 3.8) is 0 Å². The van der Waals surface area contributed by atoms with Crippen molar-refractivity contribution in [2.75, 3.05) is 19.7 Å². The maximum absolute atomic E-state index is 12.2. The molecule has 1 amide bonds. The van der Waals surface area contributed by atoms with Gasteiger partial charge >= 0.3 is 0 Å². The average molecular weight is 280 g/mol. The van der Waals surface area contributed by atoms with Crippen LogP contribution in [0.2, 0.25) is 0 Å². The lowest BCUT2D eigenvalue weighted by molar-refractivity contribution is 0.0926. The van der Waals surface area contributed by atoms with Gasteiger partial charge in [0.1, 0.15) is 0 Å². The molecule has 6 heteroatoms. The van der Waals surface area contributed by atoms with Crippen LogP contribution >= 0.6 is 0 Å². The number of hydrogen-bond donors (Lipinski definition) is 4. The number of nitrogens with zero attached hydrogens (tertiary/aromatic N) is 1. The number of carbonyl (C=O) groups is 1. The van der Waals surface area contributed by atoms with Gasteiger partial charge < -0.3 is 15.7 Å². The largest absolute Gasteiger partial charge is 0.396 e. The number of fused-ring (bicyclic) bond motifs is 1. The van der Waals surface area contributed by atoms with Crippen molar-refractivity contribution in [3.05, 3.63) is 17.0 Å². The van der Waals surface area contributed by atoms with Gasteiger partial charge in [0.15, 0.2) is 5.69 Å². The molecule has 6 nitrogen and oxygen atoms in total. The Labute approximate surface area is 119 Å². The van der Waals surface area contributed by atoms with Crippen molar-refractivity contribution < 1.29 is 9.90 Å². The van der Waals surface area contributed by atoms with Gasteiger partial charge in [-0.25, -0.2) is 0 Å². The minimum atomic E-state index is -0.122. The standard InChI is InChI=1S/C14H24N4O2/c1-14(2,5-3-7-19)9-16-13(20)12-10-8-15-6-4-11(10)17-18-12/h15,19H,3-9H2,1-2H3,(H,16,20)(H,17,18). The zero-order valence-electron chi connectivity index (χ0n) is 12.3. The molecule has 0 unspecified atom stereocenters. The summed E-state index contributed by atoms with van der Waals surface area (Å²) in [6.07, 6.45) is 2.52. The van der Waals surface area contributed by atoms with Crippen LogP contribution in [-0.4, -0.2) is 40.9 Å². The van der Waals surface area contributed by atoms with Crippen LogP contribution in [0.15, 0.2) is 0 Å². The molecule has 2 heterocycles. The molecule has 0 fully saturated rings. The fraction of sp³-hybridized carbons (Fsp3) is 0.714. The molecule has 0 saturated heterocycles. The molecule has 1 aliphatic heterocycles. The molecule has 1 aliphatic rings. The van der Waals surface area contributed by atoms with E-state index >= 15 is 0 Å². The lowest BCUT2D eigenvalue weighted by atomic mass is 9.88. The van der Waals surface area contributed by atoms with Crippen molar-refractivity contribution >= 4 is 5.91 Å². The highest BCUT2D eigenvalue weighted by Crippen LogP contribution is 2.21. The normalized spacial score (nSPS) is 14.9. The summed E-state index contributed by atoms with van der Waals surface area (Å²) < 4.78 is 0. The molecular formula is C14H24N4O2. The van der Waals surface area contributed by atoms with Crippen molar-refractivity contribution in [2.24, 2.45) is 5.41 Å². The van der Waals surface area contributed by atoms with E-state index in [0.29, 0.717) is 18.8 Å². The molecule has 1 aromatic rings. The van der Waals surface area contributed by atoms with Crippen LogP contribution in [0.25, 0.3) is 0 Å². The van der Waals surface area contributed by atoms with E-state index in [2.05, 4.69) is 34.7 Å². The topological polar surface area (TPSA) is 90.0 Å². The maximum atomic E-state index is 12.2. The first-order valence-corrected chi connectivity index (χ1v) is 7.19. The summed E-state index contributed by atoms with van der Waals surface area (Å²) in [7, 11) is 0.